The number of amides is 2. The Morgan fingerprint density at radius 3 is 2.66 bits per heavy atom. The van der Waals surface area contributed by atoms with Crippen molar-refractivity contribution < 1.29 is 29.0 Å². The van der Waals surface area contributed by atoms with E-state index in [9.17, 15) is 19.5 Å². The number of fused-ring (bicyclic) bond motifs is 1. The number of carbonyl (C=O) groups excluding carboxylic acids is 3. The molecule has 1 aromatic carbocycles. The summed E-state index contributed by atoms with van der Waals surface area (Å²) in [5.41, 5.74) is 1.57. The fraction of sp³-hybridized carbons (Fsp3) is 0.625. The molecule has 4 rings (SSSR count). The topological polar surface area (TPSA) is 105 Å². The lowest BCUT2D eigenvalue weighted by molar-refractivity contribution is -0.154. The van der Waals surface area contributed by atoms with Gasteiger partial charge in [-0.3, -0.25) is 14.4 Å². The number of para-hydroxylation sites is 1. The highest BCUT2D eigenvalue weighted by molar-refractivity contribution is 6.03. The number of hydrogen-bond acceptors (Lipinski definition) is 6. The summed E-state index contributed by atoms with van der Waals surface area (Å²) in [4.78, 5) is 41.6. The number of nitrogens with one attached hydrogen (secondary N) is 1. The number of benzene rings is 1. The predicted molar refractivity (Wildman–Crippen MR) is 117 cm³/mol. The monoisotopic (exact) mass is 444 g/mol. The second-order valence-corrected chi connectivity index (χ2v) is 9.03. The smallest absolute Gasteiger partial charge is 0.312 e. The maximum absolute atomic E-state index is 13.7. The molecule has 1 aromatic rings. The minimum Gasteiger partial charge on any atom is -0.466 e. The second-order valence-electron chi connectivity index (χ2n) is 9.03. The molecule has 2 N–H and O–H groups in total. The van der Waals surface area contributed by atoms with Crippen LogP contribution in [0.1, 0.15) is 43.7 Å². The van der Waals surface area contributed by atoms with Gasteiger partial charge >= 0.3 is 5.97 Å². The lowest BCUT2D eigenvalue weighted by Gasteiger charge is -2.33. The number of aryl methyl sites for hydroxylation is 2. The number of aliphatic hydroxyl groups excluding tert-OH is 1. The van der Waals surface area contributed by atoms with Crippen LogP contribution in [0.3, 0.4) is 0 Å². The molecular weight excluding hydrogens is 412 g/mol. The van der Waals surface area contributed by atoms with Crippen LogP contribution in [0, 0.1) is 25.7 Å². The van der Waals surface area contributed by atoms with Crippen LogP contribution in [0.5, 0.6) is 0 Å². The molecule has 5 atom stereocenters. The molecule has 3 heterocycles. The SMILES string of the molecule is CCOC(=O)[C@@H]1[C@@H]2CC[C@]3(O2)[C@H](C(=O)Nc2c(C)cccc2C)N(CCCCO)C(=O)[C@@H]13. The highest BCUT2D eigenvalue weighted by Gasteiger charge is 2.74. The van der Waals surface area contributed by atoms with Crippen molar-refractivity contribution in [2.24, 2.45) is 11.8 Å². The van der Waals surface area contributed by atoms with E-state index >= 15 is 0 Å². The van der Waals surface area contributed by atoms with E-state index < -0.39 is 35.6 Å². The van der Waals surface area contributed by atoms with E-state index in [4.69, 9.17) is 9.47 Å². The summed E-state index contributed by atoms with van der Waals surface area (Å²) in [5.74, 6) is -2.36. The molecule has 8 nitrogen and oxygen atoms in total. The first-order chi connectivity index (χ1) is 15.4. The molecule has 3 aliphatic heterocycles. The zero-order valence-corrected chi connectivity index (χ0v) is 18.9. The molecule has 8 heteroatoms. The van der Waals surface area contributed by atoms with Crippen molar-refractivity contribution in [3.05, 3.63) is 29.3 Å². The minimum absolute atomic E-state index is 0.0138. The standard InChI is InChI=1S/C24H32N2O6/c1-4-31-23(30)17-16-10-11-24(32-16)18(17)22(29)26(12-5-6-13-27)20(24)21(28)25-19-14(2)8-7-9-15(19)3/h7-9,16-18,20,27H,4-6,10-13H2,1-3H3,(H,25,28)/t16-,17+,18+,20-,24+/m0/s1. The van der Waals surface area contributed by atoms with Crippen molar-refractivity contribution in [3.63, 3.8) is 0 Å². The fourth-order valence-electron chi connectivity index (χ4n) is 5.80. The summed E-state index contributed by atoms with van der Waals surface area (Å²) in [7, 11) is 0. The number of carbonyl (C=O) groups is 3. The molecule has 0 aromatic heterocycles. The van der Waals surface area contributed by atoms with Crippen LogP contribution in [-0.4, -0.2) is 65.3 Å². The summed E-state index contributed by atoms with van der Waals surface area (Å²) >= 11 is 0. The number of anilines is 1. The van der Waals surface area contributed by atoms with Gasteiger partial charge in [-0.05, 0) is 57.6 Å². The van der Waals surface area contributed by atoms with Crippen molar-refractivity contribution in [1.29, 1.82) is 0 Å². The number of unbranched alkanes of at least 4 members (excludes halogenated alkanes) is 1. The second kappa shape index (κ2) is 8.83. The molecule has 0 radical (unpaired) electrons. The van der Waals surface area contributed by atoms with Gasteiger partial charge in [0.25, 0.3) is 0 Å². The lowest BCUT2D eigenvalue weighted by Crippen LogP contribution is -2.53. The Bertz CT molecular complexity index is 898. The number of hydrogen-bond donors (Lipinski definition) is 2. The van der Waals surface area contributed by atoms with E-state index in [0.29, 0.717) is 32.2 Å². The van der Waals surface area contributed by atoms with Gasteiger partial charge in [0.1, 0.15) is 11.6 Å². The highest BCUT2D eigenvalue weighted by atomic mass is 16.6. The number of esters is 1. The number of aliphatic hydroxyl groups is 1. The van der Waals surface area contributed by atoms with Crippen molar-refractivity contribution in [2.75, 3.05) is 25.1 Å². The summed E-state index contributed by atoms with van der Waals surface area (Å²) in [6, 6.07) is 4.96. The molecular formula is C24H32N2O6. The van der Waals surface area contributed by atoms with Gasteiger partial charge < -0.3 is 24.8 Å². The third-order valence-electron chi connectivity index (χ3n) is 7.14. The van der Waals surface area contributed by atoms with E-state index in [-0.39, 0.29) is 25.0 Å². The average molecular weight is 445 g/mol. The van der Waals surface area contributed by atoms with Gasteiger partial charge in [-0.15, -0.1) is 0 Å². The Morgan fingerprint density at radius 2 is 2.00 bits per heavy atom. The summed E-state index contributed by atoms with van der Waals surface area (Å²) in [5, 5.41) is 12.2. The first kappa shape index (κ1) is 22.7. The predicted octanol–water partition coefficient (Wildman–Crippen LogP) is 1.95. The average Bonchev–Trinajstić information content (AvgIpc) is 3.39. The molecule has 2 amide bonds. The van der Waals surface area contributed by atoms with E-state index in [1.54, 1.807) is 11.8 Å². The third kappa shape index (κ3) is 3.49. The molecule has 3 fully saturated rings. The Morgan fingerprint density at radius 1 is 1.28 bits per heavy atom. The summed E-state index contributed by atoms with van der Waals surface area (Å²) < 4.78 is 11.6. The van der Waals surface area contributed by atoms with Crippen molar-refractivity contribution in [2.45, 2.75) is 64.2 Å². The van der Waals surface area contributed by atoms with Gasteiger partial charge in [-0.2, -0.15) is 0 Å². The molecule has 0 unspecified atom stereocenters. The fourth-order valence-corrected chi connectivity index (χ4v) is 5.80. The maximum Gasteiger partial charge on any atom is 0.312 e. The van der Waals surface area contributed by atoms with Crippen LogP contribution in [0.4, 0.5) is 5.69 Å². The normalized spacial score (nSPS) is 30.5. The summed E-state index contributed by atoms with van der Waals surface area (Å²) in [6.07, 6.45) is 1.84. The first-order valence-corrected chi connectivity index (χ1v) is 11.5. The molecule has 1 spiro atoms. The Hall–Kier alpha value is -2.45. The molecule has 2 bridgehead atoms. The third-order valence-corrected chi connectivity index (χ3v) is 7.14. The van der Waals surface area contributed by atoms with Crippen LogP contribution in [0.25, 0.3) is 0 Å². The zero-order chi connectivity index (χ0) is 23.0. The molecule has 0 saturated carbocycles. The Kier molecular flexibility index (Phi) is 6.27. The van der Waals surface area contributed by atoms with Gasteiger partial charge in [0.2, 0.25) is 11.8 Å². The van der Waals surface area contributed by atoms with E-state index in [2.05, 4.69) is 5.32 Å². The lowest BCUT2D eigenvalue weighted by atomic mass is 9.70. The van der Waals surface area contributed by atoms with Crippen LogP contribution in [0.2, 0.25) is 0 Å². The number of nitrogens with zero attached hydrogens (tertiary/aromatic N) is 1. The number of likely N-dealkylation sites (tertiary alicyclic amines) is 1. The largest absolute Gasteiger partial charge is 0.466 e. The van der Waals surface area contributed by atoms with Gasteiger partial charge in [0.05, 0.1) is 24.5 Å². The van der Waals surface area contributed by atoms with Crippen LogP contribution >= 0.6 is 0 Å². The Labute approximate surface area is 188 Å². The molecule has 32 heavy (non-hydrogen) atoms. The quantitative estimate of drug-likeness (QED) is 0.469. The molecule has 3 aliphatic rings. The zero-order valence-electron chi connectivity index (χ0n) is 18.9. The van der Waals surface area contributed by atoms with Gasteiger partial charge in [0, 0.05) is 18.8 Å². The van der Waals surface area contributed by atoms with E-state index in [0.717, 1.165) is 16.8 Å². The molecule has 174 valence electrons. The highest BCUT2D eigenvalue weighted by Crippen LogP contribution is 2.58. The van der Waals surface area contributed by atoms with E-state index in [1.807, 2.05) is 32.0 Å². The van der Waals surface area contributed by atoms with Crippen LogP contribution in [-0.2, 0) is 23.9 Å². The van der Waals surface area contributed by atoms with Crippen molar-refractivity contribution in [3.8, 4) is 0 Å². The van der Waals surface area contributed by atoms with E-state index in [1.165, 1.54) is 0 Å². The van der Waals surface area contributed by atoms with Gasteiger partial charge in [-0.25, -0.2) is 0 Å². The molecule has 0 aliphatic carbocycles. The molecule has 3 saturated heterocycles. The van der Waals surface area contributed by atoms with Gasteiger partial charge in [-0.1, -0.05) is 18.2 Å². The maximum atomic E-state index is 13.7. The van der Waals surface area contributed by atoms with Crippen molar-refractivity contribution in [1.82, 2.24) is 4.90 Å². The van der Waals surface area contributed by atoms with Crippen LogP contribution in [0.15, 0.2) is 18.2 Å². The van der Waals surface area contributed by atoms with Gasteiger partial charge in [0.15, 0.2) is 0 Å². The minimum atomic E-state index is -1.03. The summed E-state index contributed by atoms with van der Waals surface area (Å²) in [6.45, 7) is 6.16. The van der Waals surface area contributed by atoms with Crippen LogP contribution < -0.4 is 5.32 Å². The number of ether oxygens (including phenoxy) is 2. The first-order valence-electron chi connectivity index (χ1n) is 11.5. The van der Waals surface area contributed by atoms with Crippen molar-refractivity contribution >= 4 is 23.5 Å². The number of rotatable bonds is 8. The Balaban J connectivity index is 1.69.